The lowest BCUT2D eigenvalue weighted by Gasteiger charge is -2.20. The second-order valence-corrected chi connectivity index (χ2v) is 4.72. The highest BCUT2D eigenvalue weighted by Gasteiger charge is 2.15. The van der Waals surface area contributed by atoms with Crippen LogP contribution in [0.4, 0.5) is 5.69 Å². The first-order valence-corrected chi connectivity index (χ1v) is 6.12. The Labute approximate surface area is 116 Å². The molecule has 3 N–H and O–H groups in total. The SMILES string of the molecule is CCC(C)C(C)NC(=O)c1cc(N)ccc1C.Cl. The number of amides is 1. The largest absolute Gasteiger partial charge is 0.399 e. The summed E-state index contributed by atoms with van der Waals surface area (Å²) < 4.78 is 0. The smallest absolute Gasteiger partial charge is 0.251 e. The van der Waals surface area contributed by atoms with E-state index in [4.69, 9.17) is 5.73 Å². The van der Waals surface area contributed by atoms with Gasteiger partial charge < -0.3 is 11.1 Å². The molecule has 4 heteroatoms. The summed E-state index contributed by atoms with van der Waals surface area (Å²) in [6.45, 7) is 8.21. The molecule has 1 amide bonds. The van der Waals surface area contributed by atoms with Gasteiger partial charge in [-0.15, -0.1) is 12.4 Å². The van der Waals surface area contributed by atoms with E-state index in [1.54, 1.807) is 6.07 Å². The van der Waals surface area contributed by atoms with E-state index in [1.807, 2.05) is 26.0 Å². The molecule has 0 saturated carbocycles. The highest BCUT2D eigenvalue weighted by Crippen LogP contribution is 2.14. The maximum atomic E-state index is 12.1. The fourth-order valence-electron chi connectivity index (χ4n) is 1.66. The number of carbonyl (C=O) groups excluding carboxylic acids is 1. The predicted octanol–water partition coefficient (Wildman–Crippen LogP) is 3.16. The highest BCUT2D eigenvalue weighted by atomic mass is 35.5. The van der Waals surface area contributed by atoms with E-state index in [-0.39, 0.29) is 24.4 Å². The molecule has 0 saturated heterocycles. The number of anilines is 1. The predicted molar refractivity (Wildman–Crippen MR) is 79.2 cm³/mol. The van der Waals surface area contributed by atoms with Gasteiger partial charge in [0, 0.05) is 17.3 Å². The van der Waals surface area contributed by atoms with Crippen molar-refractivity contribution in [2.45, 2.75) is 40.2 Å². The summed E-state index contributed by atoms with van der Waals surface area (Å²) in [7, 11) is 0. The number of benzene rings is 1. The van der Waals surface area contributed by atoms with Gasteiger partial charge in [0.05, 0.1) is 0 Å². The molecule has 0 heterocycles. The van der Waals surface area contributed by atoms with Crippen molar-refractivity contribution in [3.63, 3.8) is 0 Å². The van der Waals surface area contributed by atoms with Crippen molar-refractivity contribution < 1.29 is 4.79 Å². The molecule has 3 nitrogen and oxygen atoms in total. The zero-order valence-electron chi connectivity index (χ0n) is 11.5. The van der Waals surface area contributed by atoms with E-state index in [1.165, 1.54) is 0 Å². The zero-order valence-corrected chi connectivity index (χ0v) is 12.3. The lowest BCUT2D eigenvalue weighted by molar-refractivity contribution is 0.0927. The molecule has 0 aliphatic rings. The number of hydrogen-bond donors (Lipinski definition) is 2. The highest BCUT2D eigenvalue weighted by molar-refractivity contribution is 5.96. The van der Waals surface area contributed by atoms with Gasteiger partial charge >= 0.3 is 0 Å². The van der Waals surface area contributed by atoms with E-state index in [9.17, 15) is 4.79 Å². The van der Waals surface area contributed by atoms with Gasteiger partial charge in [-0.25, -0.2) is 0 Å². The Kier molecular flexibility index (Phi) is 6.77. The summed E-state index contributed by atoms with van der Waals surface area (Å²) in [6.07, 6.45) is 1.05. The molecular formula is C14H23ClN2O. The Hall–Kier alpha value is -1.22. The van der Waals surface area contributed by atoms with Gasteiger partial charge in [-0.3, -0.25) is 4.79 Å². The Balaban J connectivity index is 0.00000289. The third kappa shape index (κ3) is 4.22. The fraction of sp³-hybridized carbons (Fsp3) is 0.500. The van der Waals surface area contributed by atoms with Crippen molar-refractivity contribution in [3.8, 4) is 0 Å². The minimum Gasteiger partial charge on any atom is -0.399 e. The number of nitrogens with one attached hydrogen (secondary N) is 1. The zero-order chi connectivity index (χ0) is 13.0. The average Bonchev–Trinajstić information content (AvgIpc) is 2.30. The molecule has 1 rings (SSSR count). The van der Waals surface area contributed by atoms with Crippen LogP contribution in [0.5, 0.6) is 0 Å². The van der Waals surface area contributed by atoms with Gasteiger partial charge in [0.25, 0.3) is 5.91 Å². The van der Waals surface area contributed by atoms with Crippen molar-refractivity contribution in [2.75, 3.05) is 5.73 Å². The Morgan fingerprint density at radius 1 is 1.39 bits per heavy atom. The second-order valence-electron chi connectivity index (χ2n) is 4.72. The van der Waals surface area contributed by atoms with Crippen molar-refractivity contribution in [1.29, 1.82) is 0 Å². The van der Waals surface area contributed by atoms with Gasteiger partial charge in [-0.1, -0.05) is 26.3 Å². The quantitative estimate of drug-likeness (QED) is 0.826. The minimum atomic E-state index is -0.0393. The van der Waals surface area contributed by atoms with E-state index < -0.39 is 0 Å². The molecule has 0 fully saturated rings. The maximum Gasteiger partial charge on any atom is 0.251 e. The molecule has 1 aromatic rings. The van der Waals surface area contributed by atoms with Crippen LogP contribution < -0.4 is 11.1 Å². The Morgan fingerprint density at radius 2 is 2.00 bits per heavy atom. The first-order chi connectivity index (χ1) is 7.95. The van der Waals surface area contributed by atoms with Crippen LogP contribution in [0.15, 0.2) is 18.2 Å². The molecule has 18 heavy (non-hydrogen) atoms. The first kappa shape index (κ1) is 16.8. The first-order valence-electron chi connectivity index (χ1n) is 6.12. The second kappa shape index (κ2) is 7.27. The average molecular weight is 271 g/mol. The molecule has 0 spiro atoms. The lowest BCUT2D eigenvalue weighted by atomic mass is 10.00. The number of halogens is 1. The normalized spacial score (nSPS) is 13.3. The van der Waals surface area contributed by atoms with Gasteiger partial charge in [0.1, 0.15) is 0 Å². The third-order valence-corrected chi connectivity index (χ3v) is 3.36. The topological polar surface area (TPSA) is 55.1 Å². The van der Waals surface area contributed by atoms with Gasteiger partial charge in [-0.2, -0.15) is 0 Å². The summed E-state index contributed by atoms with van der Waals surface area (Å²) in [6, 6.07) is 5.59. The molecule has 2 atom stereocenters. The van der Waals surface area contributed by atoms with Crippen LogP contribution in [-0.4, -0.2) is 11.9 Å². The van der Waals surface area contributed by atoms with E-state index in [0.29, 0.717) is 17.2 Å². The number of hydrogen-bond acceptors (Lipinski definition) is 2. The van der Waals surface area contributed by atoms with Gasteiger partial charge in [0.15, 0.2) is 0 Å². The molecular weight excluding hydrogens is 248 g/mol. The lowest BCUT2D eigenvalue weighted by Crippen LogP contribution is -2.37. The number of nitrogen functional groups attached to an aromatic ring is 1. The van der Waals surface area contributed by atoms with Crippen molar-refractivity contribution in [3.05, 3.63) is 29.3 Å². The van der Waals surface area contributed by atoms with E-state index in [2.05, 4.69) is 19.2 Å². The summed E-state index contributed by atoms with van der Waals surface area (Å²) in [5.74, 6) is 0.433. The summed E-state index contributed by atoms with van der Waals surface area (Å²) in [5.41, 5.74) is 7.94. The van der Waals surface area contributed by atoms with Crippen LogP contribution in [0.1, 0.15) is 43.1 Å². The van der Waals surface area contributed by atoms with Crippen LogP contribution in [0.2, 0.25) is 0 Å². The molecule has 0 aliphatic heterocycles. The Morgan fingerprint density at radius 3 is 2.56 bits per heavy atom. The monoisotopic (exact) mass is 270 g/mol. The minimum absolute atomic E-state index is 0. The summed E-state index contributed by atoms with van der Waals surface area (Å²) >= 11 is 0. The van der Waals surface area contributed by atoms with Crippen molar-refractivity contribution in [1.82, 2.24) is 5.32 Å². The van der Waals surface area contributed by atoms with Crippen LogP contribution in [0.3, 0.4) is 0 Å². The Bertz CT molecular complexity index is 407. The standard InChI is InChI=1S/C14H22N2O.ClH/c1-5-9(2)11(4)16-14(17)13-8-12(15)7-6-10(13)3;/h6-9,11H,5,15H2,1-4H3,(H,16,17);1H. The van der Waals surface area contributed by atoms with Crippen LogP contribution in [0.25, 0.3) is 0 Å². The van der Waals surface area contributed by atoms with Crippen LogP contribution in [-0.2, 0) is 0 Å². The molecule has 0 aliphatic carbocycles. The number of rotatable bonds is 4. The van der Waals surface area contributed by atoms with Gasteiger partial charge in [0.2, 0.25) is 0 Å². The van der Waals surface area contributed by atoms with Crippen LogP contribution >= 0.6 is 12.4 Å². The number of carbonyl (C=O) groups is 1. The van der Waals surface area contributed by atoms with Gasteiger partial charge in [-0.05, 0) is 37.5 Å². The molecule has 0 bridgehead atoms. The van der Waals surface area contributed by atoms with E-state index >= 15 is 0 Å². The summed E-state index contributed by atoms with van der Waals surface area (Å²) in [4.78, 5) is 12.1. The van der Waals surface area contributed by atoms with Crippen molar-refractivity contribution in [2.24, 2.45) is 5.92 Å². The molecule has 1 aromatic carbocycles. The van der Waals surface area contributed by atoms with E-state index in [0.717, 1.165) is 12.0 Å². The molecule has 0 aromatic heterocycles. The third-order valence-electron chi connectivity index (χ3n) is 3.36. The summed E-state index contributed by atoms with van der Waals surface area (Å²) in [5, 5.41) is 3.02. The number of nitrogens with two attached hydrogens (primary N) is 1. The van der Waals surface area contributed by atoms with Crippen molar-refractivity contribution >= 4 is 24.0 Å². The molecule has 2 unspecified atom stereocenters. The fourth-order valence-corrected chi connectivity index (χ4v) is 1.66. The molecule has 0 radical (unpaired) electrons. The molecule has 102 valence electrons. The number of aryl methyl sites for hydroxylation is 1. The maximum absolute atomic E-state index is 12.1. The van der Waals surface area contributed by atoms with Crippen LogP contribution in [0, 0.1) is 12.8 Å².